The monoisotopic (exact) mass is 271 g/mol. The Labute approximate surface area is 120 Å². The van der Waals surface area contributed by atoms with E-state index in [0.29, 0.717) is 5.92 Å². The van der Waals surface area contributed by atoms with Gasteiger partial charge in [-0.1, -0.05) is 43.3 Å². The molecule has 0 radical (unpaired) electrons. The molecule has 1 aliphatic carbocycles. The molecule has 0 saturated carbocycles. The van der Waals surface area contributed by atoms with Crippen molar-refractivity contribution in [1.29, 1.82) is 0 Å². The van der Waals surface area contributed by atoms with Crippen LogP contribution in [0, 0.1) is 5.92 Å². The lowest BCUT2D eigenvalue weighted by Crippen LogP contribution is -2.29. The number of ether oxygens (including phenoxy) is 1. The topological polar surface area (TPSA) is 29.5 Å². The van der Waals surface area contributed by atoms with E-state index in [2.05, 4.69) is 13.0 Å². The highest BCUT2D eigenvalue weighted by Gasteiger charge is 2.24. The van der Waals surface area contributed by atoms with Gasteiger partial charge in [0, 0.05) is 19.7 Å². The molecule has 0 aromatic heterocycles. The van der Waals surface area contributed by atoms with Crippen molar-refractivity contribution in [3.63, 3.8) is 0 Å². The van der Waals surface area contributed by atoms with E-state index < -0.39 is 6.10 Å². The van der Waals surface area contributed by atoms with E-state index in [0.717, 1.165) is 17.7 Å². The van der Waals surface area contributed by atoms with Crippen molar-refractivity contribution in [2.24, 2.45) is 5.92 Å². The average Bonchev–Trinajstić information content (AvgIpc) is 2.47. The van der Waals surface area contributed by atoms with Gasteiger partial charge in [0.15, 0.2) is 0 Å². The lowest BCUT2D eigenvalue weighted by Gasteiger charge is -2.24. The summed E-state index contributed by atoms with van der Waals surface area (Å²) in [5.74, 6) is 1.25. The Morgan fingerprint density at radius 1 is 1.30 bits per heavy atom. The maximum absolute atomic E-state index is 12.3. The van der Waals surface area contributed by atoms with Gasteiger partial charge in [-0.05, 0) is 24.5 Å². The molecule has 1 aromatic carbocycles. The second-order valence-corrected chi connectivity index (χ2v) is 5.32. The number of nitrogens with zero attached hydrogens (tertiary/aromatic N) is 1. The van der Waals surface area contributed by atoms with Crippen molar-refractivity contribution >= 4 is 5.91 Å². The molecule has 2 unspecified atom stereocenters. The molecular formula is C17H21NO2. The highest BCUT2D eigenvalue weighted by Crippen LogP contribution is 2.26. The molecule has 1 aromatic rings. The second-order valence-electron chi connectivity index (χ2n) is 5.32. The van der Waals surface area contributed by atoms with E-state index in [4.69, 9.17) is 4.74 Å². The Morgan fingerprint density at radius 3 is 2.55 bits per heavy atom. The SMILES string of the molecule is CC1C=CC(OC(C(=O)N(C)C)c2ccccc2)=CC1. The highest BCUT2D eigenvalue weighted by atomic mass is 16.5. The zero-order valence-electron chi connectivity index (χ0n) is 12.2. The number of amides is 1. The Hall–Kier alpha value is -2.03. The van der Waals surface area contributed by atoms with Crippen LogP contribution in [0.4, 0.5) is 0 Å². The normalized spacial score (nSPS) is 19.1. The van der Waals surface area contributed by atoms with Gasteiger partial charge in [0.25, 0.3) is 5.91 Å². The molecule has 3 heteroatoms. The Kier molecular flexibility index (Phi) is 4.61. The number of benzene rings is 1. The maximum atomic E-state index is 12.3. The van der Waals surface area contributed by atoms with Crippen LogP contribution in [0.15, 0.2) is 54.3 Å². The Balaban J connectivity index is 2.20. The first-order valence-corrected chi connectivity index (χ1v) is 6.89. The van der Waals surface area contributed by atoms with Crippen molar-refractivity contribution in [2.45, 2.75) is 19.4 Å². The van der Waals surface area contributed by atoms with Gasteiger partial charge in [-0.15, -0.1) is 0 Å². The molecule has 2 atom stereocenters. The molecule has 1 aliphatic rings. The predicted octanol–water partition coefficient (Wildman–Crippen LogP) is 3.31. The van der Waals surface area contributed by atoms with Crippen molar-refractivity contribution in [2.75, 3.05) is 14.1 Å². The molecule has 0 spiro atoms. The molecule has 0 bridgehead atoms. The van der Waals surface area contributed by atoms with Gasteiger partial charge in [-0.25, -0.2) is 0 Å². The summed E-state index contributed by atoms with van der Waals surface area (Å²) in [6.07, 6.45) is 6.47. The summed E-state index contributed by atoms with van der Waals surface area (Å²) in [4.78, 5) is 13.9. The van der Waals surface area contributed by atoms with E-state index in [1.807, 2.05) is 42.5 Å². The number of rotatable bonds is 4. The van der Waals surface area contributed by atoms with Crippen LogP contribution in [0.3, 0.4) is 0 Å². The zero-order valence-corrected chi connectivity index (χ0v) is 12.2. The van der Waals surface area contributed by atoms with Gasteiger partial charge in [-0.3, -0.25) is 4.79 Å². The van der Waals surface area contributed by atoms with Gasteiger partial charge in [0.05, 0.1) is 0 Å². The summed E-state index contributed by atoms with van der Waals surface area (Å²) in [5.41, 5.74) is 0.874. The fraction of sp³-hybridized carbons (Fsp3) is 0.353. The molecule has 0 saturated heterocycles. The van der Waals surface area contributed by atoms with Gasteiger partial charge < -0.3 is 9.64 Å². The molecule has 1 amide bonds. The van der Waals surface area contributed by atoms with Crippen LogP contribution in [0.25, 0.3) is 0 Å². The minimum atomic E-state index is -0.587. The van der Waals surface area contributed by atoms with E-state index in [9.17, 15) is 4.79 Å². The number of carbonyl (C=O) groups excluding carboxylic acids is 1. The van der Waals surface area contributed by atoms with Crippen LogP contribution in [-0.2, 0) is 9.53 Å². The van der Waals surface area contributed by atoms with Gasteiger partial charge in [0.1, 0.15) is 5.76 Å². The van der Waals surface area contributed by atoms with Crippen LogP contribution < -0.4 is 0 Å². The molecular weight excluding hydrogens is 250 g/mol. The maximum Gasteiger partial charge on any atom is 0.267 e. The lowest BCUT2D eigenvalue weighted by molar-refractivity contribution is -0.138. The van der Waals surface area contributed by atoms with Crippen molar-refractivity contribution in [3.8, 4) is 0 Å². The van der Waals surface area contributed by atoms with Crippen LogP contribution in [-0.4, -0.2) is 24.9 Å². The second kappa shape index (κ2) is 6.42. The Morgan fingerprint density at radius 2 is 2.00 bits per heavy atom. The number of hydrogen-bond acceptors (Lipinski definition) is 2. The molecule has 0 N–H and O–H groups in total. The van der Waals surface area contributed by atoms with Crippen LogP contribution in [0.1, 0.15) is 25.0 Å². The third-order valence-corrected chi connectivity index (χ3v) is 3.30. The molecule has 0 heterocycles. The minimum Gasteiger partial charge on any atom is -0.476 e. The first-order chi connectivity index (χ1) is 9.58. The van der Waals surface area contributed by atoms with Crippen LogP contribution >= 0.6 is 0 Å². The molecule has 3 nitrogen and oxygen atoms in total. The van der Waals surface area contributed by atoms with Gasteiger partial charge in [0.2, 0.25) is 6.10 Å². The lowest BCUT2D eigenvalue weighted by atomic mass is 10.0. The summed E-state index contributed by atoms with van der Waals surface area (Å²) < 4.78 is 5.93. The Bertz CT molecular complexity index is 517. The summed E-state index contributed by atoms with van der Waals surface area (Å²) in [5, 5.41) is 0. The minimum absolute atomic E-state index is 0.0517. The molecule has 0 aliphatic heterocycles. The molecule has 106 valence electrons. The third-order valence-electron chi connectivity index (χ3n) is 3.30. The summed E-state index contributed by atoms with van der Waals surface area (Å²) in [6, 6.07) is 9.61. The van der Waals surface area contributed by atoms with Crippen molar-refractivity contribution in [3.05, 3.63) is 59.9 Å². The number of likely N-dealkylation sites (N-methyl/N-ethyl adjacent to an activating group) is 1. The predicted molar refractivity (Wildman–Crippen MR) is 80.0 cm³/mol. The average molecular weight is 271 g/mol. The summed E-state index contributed by atoms with van der Waals surface area (Å²) in [6.45, 7) is 2.16. The molecule has 20 heavy (non-hydrogen) atoms. The van der Waals surface area contributed by atoms with Crippen LogP contribution in [0.2, 0.25) is 0 Å². The quantitative estimate of drug-likeness (QED) is 0.840. The molecule has 0 fully saturated rings. The number of hydrogen-bond donors (Lipinski definition) is 0. The third kappa shape index (κ3) is 3.50. The van der Waals surface area contributed by atoms with Crippen molar-refractivity contribution < 1.29 is 9.53 Å². The fourth-order valence-electron chi connectivity index (χ4n) is 2.05. The summed E-state index contributed by atoms with van der Waals surface area (Å²) in [7, 11) is 3.49. The van der Waals surface area contributed by atoms with Crippen molar-refractivity contribution in [1.82, 2.24) is 4.90 Å². The standard InChI is InChI=1S/C17H21NO2/c1-13-9-11-15(12-10-13)20-16(17(19)18(2)3)14-7-5-4-6-8-14/h4-9,11-13,16H,10H2,1-3H3. The van der Waals surface area contributed by atoms with E-state index in [1.165, 1.54) is 0 Å². The smallest absolute Gasteiger partial charge is 0.267 e. The number of carbonyl (C=O) groups is 1. The van der Waals surface area contributed by atoms with Crippen LogP contribution in [0.5, 0.6) is 0 Å². The highest BCUT2D eigenvalue weighted by molar-refractivity contribution is 5.82. The largest absolute Gasteiger partial charge is 0.476 e. The van der Waals surface area contributed by atoms with E-state index in [1.54, 1.807) is 19.0 Å². The van der Waals surface area contributed by atoms with Gasteiger partial charge in [-0.2, -0.15) is 0 Å². The van der Waals surface area contributed by atoms with E-state index >= 15 is 0 Å². The fourth-order valence-corrected chi connectivity index (χ4v) is 2.05. The number of allylic oxidation sites excluding steroid dienone is 3. The zero-order chi connectivity index (χ0) is 14.5. The molecule has 2 rings (SSSR count). The van der Waals surface area contributed by atoms with E-state index in [-0.39, 0.29) is 5.91 Å². The summed E-state index contributed by atoms with van der Waals surface area (Å²) >= 11 is 0. The first kappa shape index (κ1) is 14.4. The first-order valence-electron chi connectivity index (χ1n) is 6.89. The van der Waals surface area contributed by atoms with Gasteiger partial charge >= 0.3 is 0 Å².